The van der Waals surface area contributed by atoms with Crippen molar-refractivity contribution in [2.24, 2.45) is 0 Å². The lowest BCUT2D eigenvalue weighted by Crippen LogP contribution is -2.17. The van der Waals surface area contributed by atoms with Crippen molar-refractivity contribution in [2.75, 3.05) is 0 Å². The summed E-state index contributed by atoms with van der Waals surface area (Å²) in [5.41, 5.74) is 2.08. The zero-order valence-corrected chi connectivity index (χ0v) is 10.4. The SMILES string of the molecule is CCCCCn1c(=O)[nH]c2ncc(CC)nc21. The molecular formula is C12H18N4O. The molecule has 17 heavy (non-hydrogen) atoms. The van der Waals surface area contributed by atoms with Gasteiger partial charge in [0, 0.05) is 6.54 Å². The van der Waals surface area contributed by atoms with Gasteiger partial charge in [-0.2, -0.15) is 0 Å². The van der Waals surface area contributed by atoms with Crippen LogP contribution < -0.4 is 5.69 Å². The minimum atomic E-state index is -0.107. The summed E-state index contributed by atoms with van der Waals surface area (Å²) in [5, 5.41) is 0. The van der Waals surface area contributed by atoms with Crippen LogP contribution in [0.2, 0.25) is 0 Å². The van der Waals surface area contributed by atoms with Crippen LogP contribution in [0.25, 0.3) is 11.3 Å². The second-order valence-electron chi connectivity index (χ2n) is 4.18. The molecule has 92 valence electrons. The highest BCUT2D eigenvalue weighted by atomic mass is 16.1. The predicted octanol–water partition coefficient (Wildman–Crippen LogP) is 1.87. The lowest BCUT2D eigenvalue weighted by Gasteiger charge is -2.02. The van der Waals surface area contributed by atoms with Crippen LogP contribution >= 0.6 is 0 Å². The van der Waals surface area contributed by atoms with E-state index in [4.69, 9.17) is 0 Å². The number of imidazole rings is 1. The van der Waals surface area contributed by atoms with Crippen molar-refractivity contribution in [2.45, 2.75) is 46.1 Å². The molecule has 0 aliphatic heterocycles. The fourth-order valence-electron chi connectivity index (χ4n) is 1.85. The topological polar surface area (TPSA) is 63.6 Å². The Bertz CT molecular complexity index is 555. The molecule has 2 aromatic rings. The maximum atomic E-state index is 11.8. The molecule has 0 fully saturated rings. The van der Waals surface area contributed by atoms with E-state index < -0.39 is 0 Å². The Hall–Kier alpha value is -1.65. The first-order chi connectivity index (χ1) is 8.26. The normalized spacial score (nSPS) is 11.2. The Balaban J connectivity index is 2.38. The summed E-state index contributed by atoms with van der Waals surface area (Å²) in [5.74, 6) is 0. The molecule has 0 amide bonds. The van der Waals surface area contributed by atoms with Crippen LogP contribution in [-0.4, -0.2) is 19.5 Å². The monoisotopic (exact) mass is 234 g/mol. The van der Waals surface area contributed by atoms with Gasteiger partial charge in [-0.1, -0.05) is 26.7 Å². The highest BCUT2D eigenvalue weighted by Crippen LogP contribution is 2.07. The third kappa shape index (κ3) is 2.38. The summed E-state index contributed by atoms with van der Waals surface area (Å²) < 4.78 is 1.69. The molecule has 2 aromatic heterocycles. The molecule has 2 rings (SSSR count). The second kappa shape index (κ2) is 5.12. The van der Waals surface area contributed by atoms with Crippen LogP contribution in [0.15, 0.2) is 11.0 Å². The smallest absolute Gasteiger partial charge is 0.289 e. The zero-order chi connectivity index (χ0) is 12.3. The van der Waals surface area contributed by atoms with Crippen molar-refractivity contribution in [3.05, 3.63) is 22.4 Å². The summed E-state index contributed by atoms with van der Waals surface area (Å²) in [7, 11) is 0. The molecule has 0 aliphatic rings. The van der Waals surface area contributed by atoms with Gasteiger partial charge >= 0.3 is 5.69 Å². The standard InChI is InChI=1S/C12H18N4O/c1-3-5-6-7-16-11-10(15-12(16)17)13-8-9(4-2)14-11/h8H,3-7H2,1-2H3,(H,13,15,17). The van der Waals surface area contributed by atoms with Gasteiger partial charge in [0.25, 0.3) is 0 Å². The van der Waals surface area contributed by atoms with Crippen molar-refractivity contribution in [1.82, 2.24) is 19.5 Å². The number of nitrogens with zero attached hydrogens (tertiary/aromatic N) is 3. The lowest BCUT2D eigenvalue weighted by atomic mass is 10.2. The first kappa shape index (κ1) is 11.8. The number of aromatic amines is 1. The number of fused-ring (bicyclic) bond motifs is 1. The largest absolute Gasteiger partial charge is 0.328 e. The van der Waals surface area contributed by atoms with Gasteiger partial charge in [-0.05, 0) is 12.8 Å². The van der Waals surface area contributed by atoms with Crippen molar-refractivity contribution in [3.8, 4) is 0 Å². The zero-order valence-electron chi connectivity index (χ0n) is 10.4. The van der Waals surface area contributed by atoms with E-state index in [0.29, 0.717) is 17.8 Å². The molecule has 0 spiro atoms. The molecule has 0 atom stereocenters. The summed E-state index contributed by atoms with van der Waals surface area (Å²) in [4.78, 5) is 23.2. The average molecular weight is 234 g/mol. The van der Waals surface area contributed by atoms with Crippen molar-refractivity contribution in [1.29, 1.82) is 0 Å². The summed E-state index contributed by atoms with van der Waals surface area (Å²) in [6.45, 7) is 4.89. The molecule has 0 aromatic carbocycles. The maximum absolute atomic E-state index is 11.8. The number of H-pyrrole nitrogens is 1. The van der Waals surface area contributed by atoms with E-state index in [-0.39, 0.29) is 5.69 Å². The minimum absolute atomic E-state index is 0.107. The molecule has 0 unspecified atom stereocenters. The third-order valence-electron chi connectivity index (χ3n) is 2.88. The second-order valence-corrected chi connectivity index (χ2v) is 4.18. The van der Waals surface area contributed by atoms with E-state index in [0.717, 1.165) is 31.4 Å². The Morgan fingerprint density at radius 2 is 2.18 bits per heavy atom. The van der Waals surface area contributed by atoms with Gasteiger partial charge in [0.15, 0.2) is 11.3 Å². The number of hydrogen-bond donors (Lipinski definition) is 1. The van der Waals surface area contributed by atoms with E-state index >= 15 is 0 Å². The van der Waals surface area contributed by atoms with Crippen molar-refractivity contribution < 1.29 is 0 Å². The van der Waals surface area contributed by atoms with Crippen molar-refractivity contribution in [3.63, 3.8) is 0 Å². The molecule has 1 N–H and O–H groups in total. The van der Waals surface area contributed by atoms with Gasteiger partial charge in [-0.15, -0.1) is 0 Å². The average Bonchev–Trinajstić information content (AvgIpc) is 2.65. The highest BCUT2D eigenvalue weighted by Gasteiger charge is 2.09. The van der Waals surface area contributed by atoms with Gasteiger partial charge in [0.1, 0.15) is 0 Å². The molecule has 0 saturated heterocycles. The Labute approximate surface area is 99.9 Å². The van der Waals surface area contributed by atoms with E-state index in [9.17, 15) is 4.79 Å². The number of aromatic nitrogens is 4. The molecule has 0 aliphatic carbocycles. The number of nitrogens with one attached hydrogen (secondary N) is 1. The highest BCUT2D eigenvalue weighted by molar-refractivity contribution is 5.65. The van der Waals surface area contributed by atoms with Gasteiger partial charge in [0.2, 0.25) is 0 Å². The van der Waals surface area contributed by atoms with Gasteiger partial charge < -0.3 is 0 Å². The fourth-order valence-corrected chi connectivity index (χ4v) is 1.85. The molecule has 5 heteroatoms. The number of rotatable bonds is 5. The van der Waals surface area contributed by atoms with E-state index in [1.54, 1.807) is 10.8 Å². The number of hydrogen-bond acceptors (Lipinski definition) is 3. The lowest BCUT2D eigenvalue weighted by molar-refractivity contribution is 0.597. The predicted molar refractivity (Wildman–Crippen MR) is 67.1 cm³/mol. The van der Waals surface area contributed by atoms with E-state index in [1.807, 2.05) is 6.92 Å². The molecule has 0 saturated carbocycles. The fraction of sp³-hybridized carbons (Fsp3) is 0.583. The summed E-state index contributed by atoms with van der Waals surface area (Å²) in [6, 6.07) is 0. The quantitative estimate of drug-likeness (QED) is 0.803. The van der Waals surface area contributed by atoms with Crippen LogP contribution in [0.1, 0.15) is 38.8 Å². The van der Waals surface area contributed by atoms with E-state index in [1.165, 1.54) is 0 Å². The van der Waals surface area contributed by atoms with Crippen LogP contribution in [0, 0.1) is 0 Å². The van der Waals surface area contributed by atoms with Gasteiger partial charge in [-0.25, -0.2) is 14.8 Å². The minimum Gasteiger partial charge on any atom is -0.289 e. The van der Waals surface area contributed by atoms with Gasteiger partial charge in [-0.3, -0.25) is 9.55 Å². The Kier molecular flexibility index (Phi) is 3.56. The Morgan fingerprint density at radius 1 is 1.35 bits per heavy atom. The van der Waals surface area contributed by atoms with Gasteiger partial charge in [0.05, 0.1) is 11.9 Å². The van der Waals surface area contributed by atoms with Crippen LogP contribution in [0.3, 0.4) is 0 Å². The summed E-state index contributed by atoms with van der Waals surface area (Å²) in [6.07, 6.45) is 5.82. The molecule has 5 nitrogen and oxygen atoms in total. The molecule has 2 heterocycles. The molecule has 0 bridgehead atoms. The number of unbranched alkanes of at least 4 members (excludes halogenated alkanes) is 2. The van der Waals surface area contributed by atoms with E-state index in [2.05, 4.69) is 21.9 Å². The molecule has 0 radical (unpaired) electrons. The first-order valence-corrected chi connectivity index (χ1v) is 6.20. The van der Waals surface area contributed by atoms with Crippen molar-refractivity contribution >= 4 is 11.3 Å². The molecular weight excluding hydrogens is 216 g/mol. The van der Waals surface area contributed by atoms with Crippen LogP contribution in [0.4, 0.5) is 0 Å². The Morgan fingerprint density at radius 3 is 2.88 bits per heavy atom. The first-order valence-electron chi connectivity index (χ1n) is 6.20. The van der Waals surface area contributed by atoms with Crippen LogP contribution in [0.5, 0.6) is 0 Å². The maximum Gasteiger partial charge on any atom is 0.328 e. The number of aryl methyl sites for hydroxylation is 2. The third-order valence-corrected chi connectivity index (χ3v) is 2.88. The van der Waals surface area contributed by atoms with Crippen LogP contribution in [-0.2, 0) is 13.0 Å². The summed E-state index contributed by atoms with van der Waals surface area (Å²) >= 11 is 0.